The van der Waals surface area contributed by atoms with Gasteiger partial charge in [0.05, 0.1) is 12.3 Å². The molecule has 2 aromatic carbocycles. The van der Waals surface area contributed by atoms with Gasteiger partial charge in [0, 0.05) is 30.0 Å². The summed E-state index contributed by atoms with van der Waals surface area (Å²) in [6.45, 7) is -0.113. The van der Waals surface area contributed by atoms with Crippen molar-refractivity contribution in [1.29, 1.82) is 0 Å². The maximum absolute atomic E-state index is 14.0. The molecule has 0 aliphatic carbocycles. The van der Waals surface area contributed by atoms with Gasteiger partial charge in [0.2, 0.25) is 11.8 Å². The topological polar surface area (TPSA) is 132 Å². The number of anilines is 1. The number of fused-ring (bicyclic) bond motifs is 1. The fourth-order valence-corrected chi connectivity index (χ4v) is 3.79. The van der Waals surface area contributed by atoms with E-state index in [4.69, 9.17) is 9.47 Å². The minimum Gasteiger partial charge on any atom is -0.493 e. The van der Waals surface area contributed by atoms with E-state index >= 15 is 0 Å². The van der Waals surface area contributed by atoms with Crippen LogP contribution in [0.25, 0.3) is 0 Å². The fourth-order valence-electron chi connectivity index (χ4n) is 3.79. The standard InChI is InChI=1S/C23H19F4N3O7/c24-15-2-1-14(37-23(25,26)27)9-17(15)29-22(34)36-10-13-8-12(7-11-5-6-35-19(11)13)20(32)28-16-3-4-18(31)30-21(16)33/h1-2,7-9,16H,3-6,10H2,(H,28,32)(H,29,34)(H,30,31,33). The first-order chi connectivity index (χ1) is 17.5. The zero-order chi connectivity index (χ0) is 26.7. The zero-order valence-corrected chi connectivity index (χ0v) is 18.9. The number of imide groups is 1. The van der Waals surface area contributed by atoms with Crippen LogP contribution in [-0.2, 0) is 27.4 Å². The number of halogens is 4. The Morgan fingerprint density at radius 1 is 1.14 bits per heavy atom. The van der Waals surface area contributed by atoms with Gasteiger partial charge in [-0.1, -0.05) is 0 Å². The molecule has 1 unspecified atom stereocenters. The van der Waals surface area contributed by atoms with E-state index in [0.717, 1.165) is 6.07 Å². The molecule has 14 heteroatoms. The largest absolute Gasteiger partial charge is 0.573 e. The smallest absolute Gasteiger partial charge is 0.493 e. The number of carbonyl (C=O) groups is 4. The lowest BCUT2D eigenvalue weighted by atomic mass is 10.0. The number of amides is 4. The number of ether oxygens (including phenoxy) is 3. The third-order valence-corrected chi connectivity index (χ3v) is 5.43. The van der Waals surface area contributed by atoms with Gasteiger partial charge in [0.25, 0.3) is 5.91 Å². The van der Waals surface area contributed by atoms with Crippen molar-refractivity contribution in [2.45, 2.75) is 38.3 Å². The lowest BCUT2D eigenvalue weighted by molar-refractivity contribution is -0.274. The molecule has 37 heavy (non-hydrogen) atoms. The Balaban J connectivity index is 1.43. The highest BCUT2D eigenvalue weighted by atomic mass is 19.4. The van der Waals surface area contributed by atoms with Crippen LogP contribution in [0.5, 0.6) is 11.5 Å². The maximum Gasteiger partial charge on any atom is 0.573 e. The second-order valence-electron chi connectivity index (χ2n) is 8.09. The highest BCUT2D eigenvalue weighted by Gasteiger charge is 2.32. The number of benzene rings is 2. The third-order valence-electron chi connectivity index (χ3n) is 5.43. The molecule has 2 aliphatic rings. The lowest BCUT2D eigenvalue weighted by Crippen LogP contribution is -2.52. The van der Waals surface area contributed by atoms with Crippen LogP contribution in [0.1, 0.15) is 34.3 Å². The average molecular weight is 525 g/mol. The molecule has 1 saturated heterocycles. The molecule has 0 saturated carbocycles. The maximum atomic E-state index is 14.0. The Kier molecular flexibility index (Phi) is 7.18. The monoisotopic (exact) mass is 525 g/mol. The van der Waals surface area contributed by atoms with Gasteiger partial charge in [-0.15, -0.1) is 13.2 Å². The molecule has 1 atom stereocenters. The van der Waals surface area contributed by atoms with Crippen LogP contribution < -0.4 is 25.4 Å². The number of hydrogen-bond donors (Lipinski definition) is 3. The second-order valence-corrected chi connectivity index (χ2v) is 8.09. The van der Waals surface area contributed by atoms with E-state index in [9.17, 15) is 36.7 Å². The molecule has 3 N–H and O–H groups in total. The van der Waals surface area contributed by atoms with Gasteiger partial charge in [-0.2, -0.15) is 0 Å². The van der Waals surface area contributed by atoms with E-state index in [2.05, 4.69) is 15.4 Å². The van der Waals surface area contributed by atoms with Gasteiger partial charge in [0.15, 0.2) is 0 Å². The lowest BCUT2D eigenvalue weighted by Gasteiger charge is -2.22. The van der Waals surface area contributed by atoms with Crippen LogP contribution in [-0.4, -0.2) is 42.8 Å². The Morgan fingerprint density at radius 3 is 2.65 bits per heavy atom. The molecular weight excluding hydrogens is 506 g/mol. The van der Waals surface area contributed by atoms with Gasteiger partial charge in [-0.3, -0.25) is 25.0 Å². The van der Waals surface area contributed by atoms with Crippen molar-refractivity contribution in [1.82, 2.24) is 10.6 Å². The molecule has 0 bridgehead atoms. The molecule has 2 heterocycles. The van der Waals surface area contributed by atoms with Crippen molar-refractivity contribution in [3.05, 3.63) is 52.8 Å². The van der Waals surface area contributed by atoms with Crippen molar-refractivity contribution in [3.63, 3.8) is 0 Å². The molecular formula is C23H19F4N3O7. The minimum atomic E-state index is -5.01. The summed E-state index contributed by atoms with van der Waals surface area (Å²) in [5, 5.41) is 6.69. The Labute approximate surface area is 206 Å². The van der Waals surface area contributed by atoms with E-state index in [1.54, 1.807) is 6.07 Å². The van der Waals surface area contributed by atoms with Crippen LogP contribution in [0.4, 0.5) is 28.0 Å². The molecule has 0 radical (unpaired) electrons. The number of hydrogen-bond acceptors (Lipinski definition) is 7. The SMILES string of the molecule is O=C1CCC(NC(=O)c2cc3c(c(COC(=O)Nc4cc(OC(F)(F)F)ccc4F)c2)OCC3)C(=O)N1. The summed E-state index contributed by atoms with van der Waals surface area (Å²) in [6.07, 6.45) is -5.51. The molecule has 10 nitrogen and oxygen atoms in total. The molecule has 2 aromatic rings. The van der Waals surface area contributed by atoms with Crippen LogP contribution >= 0.6 is 0 Å². The number of nitrogens with one attached hydrogen (secondary N) is 3. The van der Waals surface area contributed by atoms with Crippen LogP contribution in [0.15, 0.2) is 30.3 Å². The summed E-state index contributed by atoms with van der Waals surface area (Å²) in [6, 6.07) is 4.12. The highest BCUT2D eigenvalue weighted by molar-refractivity contribution is 6.04. The summed E-state index contributed by atoms with van der Waals surface area (Å²) in [5.41, 5.74) is 0.493. The zero-order valence-electron chi connectivity index (χ0n) is 18.9. The predicted molar refractivity (Wildman–Crippen MR) is 116 cm³/mol. The van der Waals surface area contributed by atoms with Gasteiger partial charge in [-0.05, 0) is 36.2 Å². The first-order valence-electron chi connectivity index (χ1n) is 10.9. The van der Waals surface area contributed by atoms with Gasteiger partial charge >= 0.3 is 12.5 Å². The van der Waals surface area contributed by atoms with Crippen LogP contribution in [0.3, 0.4) is 0 Å². The molecule has 2 aliphatic heterocycles. The number of piperidine rings is 1. The fraction of sp³-hybridized carbons (Fsp3) is 0.304. The molecule has 196 valence electrons. The summed E-state index contributed by atoms with van der Waals surface area (Å²) in [7, 11) is 0. The number of carbonyl (C=O) groups excluding carboxylic acids is 4. The normalized spacial score (nSPS) is 16.8. The summed E-state index contributed by atoms with van der Waals surface area (Å²) < 4.78 is 65.5. The van der Waals surface area contributed by atoms with Gasteiger partial charge in [-0.25, -0.2) is 9.18 Å². The van der Waals surface area contributed by atoms with E-state index in [-0.39, 0.29) is 18.4 Å². The van der Waals surface area contributed by atoms with E-state index < -0.39 is 60.1 Å². The van der Waals surface area contributed by atoms with Gasteiger partial charge < -0.3 is 19.5 Å². The van der Waals surface area contributed by atoms with E-state index in [1.807, 2.05) is 5.32 Å². The molecule has 0 spiro atoms. The van der Waals surface area contributed by atoms with Crippen molar-refractivity contribution in [3.8, 4) is 11.5 Å². The second kappa shape index (κ2) is 10.3. The Hall–Kier alpha value is -4.36. The Morgan fingerprint density at radius 2 is 1.92 bits per heavy atom. The van der Waals surface area contributed by atoms with Crippen molar-refractivity contribution in [2.75, 3.05) is 11.9 Å². The minimum absolute atomic E-state index is 0.0781. The Bertz CT molecular complexity index is 1270. The molecule has 4 rings (SSSR count). The van der Waals surface area contributed by atoms with Crippen molar-refractivity contribution < 1.29 is 51.0 Å². The van der Waals surface area contributed by atoms with Crippen LogP contribution in [0.2, 0.25) is 0 Å². The molecule has 4 amide bonds. The summed E-state index contributed by atoms with van der Waals surface area (Å²) >= 11 is 0. The predicted octanol–water partition coefficient (Wildman–Crippen LogP) is 2.94. The van der Waals surface area contributed by atoms with Crippen LogP contribution in [0, 0.1) is 5.82 Å². The third kappa shape index (κ3) is 6.45. The van der Waals surface area contributed by atoms with E-state index in [0.29, 0.717) is 42.0 Å². The van der Waals surface area contributed by atoms with Crippen molar-refractivity contribution in [2.24, 2.45) is 0 Å². The number of rotatable bonds is 6. The molecule has 0 aromatic heterocycles. The summed E-state index contributed by atoms with van der Waals surface area (Å²) in [5.74, 6) is -3.03. The average Bonchev–Trinajstić information content (AvgIpc) is 3.29. The summed E-state index contributed by atoms with van der Waals surface area (Å²) in [4.78, 5) is 48.2. The first-order valence-corrected chi connectivity index (χ1v) is 10.9. The van der Waals surface area contributed by atoms with E-state index in [1.165, 1.54) is 6.07 Å². The number of alkyl halides is 3. The first kappa shape index (κ1) is 25.7. The highest BCUT2D eigenvalue weighted by Crippen LogP contribution is 2.32. The van der Waals surface area contributed by atoms with Gasteiger partial charge in [0.1, 0.15) is 30.0 Å². The quantitative estimate of drug-likeness (QED) is 0.390. The van der Waals surface area contributed by atoms with Crippen molar-refractivity contribution >= 4 is 29.5 Å². The molecule has 1 fully saturated rings.